The second-order valence-electron chi connectivity index (χ2n) is 20.6. The van der Waals surface area contributed by atoms with Crippen LogP contribution in [-0.2, 0) is 26.3 Å². The molecule has 0 saturated heterocycles. The van der Waals surface area contributed by atoms with E-state index in [1.807, 2.05) is 97.1 Å². The van der Waals surface area contributed by atoms with Gasteiger partial charge in [0.2, 0.25) is 5.78 Å². The number of fused-ring (bicyclic) bond motifs is 3. The van der Waals surface area contributed by atoms with E-state index in [9.17, 15) is 15.0 Å². The Labute approximate surface area is 365 Å². The van der Waals surface area contributed by atoms with Gasteiger partial charge in [0.05, 0.1) is 22.8 Å². The first-order valence-electron chi connectivity index (χ1n) is 21.3. The fourth-order valence-corrected chi connectivity index (χ4v) is 8.43. The number of hydrogen-bond donors (Lipinski definition) is 4. The summed E-state index contributed by atoms with van der Waals surface area (Å²) in [5.74, 6) is 1.55. The fraction of sp³-hybridized carbons (Fsp3) is 0.302. The topological polar surface area (TPSA) is 117 Å². The first-order chi connectivity index (χ1) is 29.0. The van der Waals surface area contributed by atoms with Gasteiger partial charge >= 0.3 is 7.32 Å². The zero-order valence-corrected chi connectivity index (χ0v) is 37.9. The number of phenols is 2. The van der Waals surface area contributed by atoms with Crippen LogP contribution in [-0.4, -0.2) is 33.3 Å². The van der Waals surface area contributed by atoms with Gasteiger partial charge in [0.1, 0.15) is 28.8 Å². The molecule has 1 aliphatic rings. The monoisotopic (exact) mass is 828 g/mol. The normalized spacial score (nSPS) is 13.7. The van der Waals surface area contributed by atoms with E-state index in [4.69, 9.17) is 14.0 Å². The Morgan fingerprint density at radius 3 is 1.26 bits per heavy atom. The van der Waals surface area contributed by atoms with E-state index in [2.05, 4.69) is 93.1 Å². The third kappa shape index (κ3) is 7.74. The molecule has 0 amide bonds. The van der Waals surface area contributed by atoms with E-state index in [1.54, 1.807) is 0 Å². The molecule has 0 spiro atoms. The number of nitrogens with one attached hydrogen (secondary N) is 2. The van der Waals surface area contributed by atoms with Crippen LogP contribution in [0.4, 0.5) is 0 Å². The van der Waals surface area contributed by atoms with Crippen LogP contribution in [0.3, 0.4) is 0 Å². The van der Waals surface area contributed by atoms with Crippen LogP contribution in [0.15, 0.2) is 103 Å². The molecular weight excluding hydrogens is 771 g/mol. The number of carbonyl (C=O) groups is 1. The van der Waals surface area contributed by atoms with Crippen LogP contribution >= 0.6 is 0 Å². The lowest BCUT2D eigenvalue weighted by Crippen LogP contribution is -2.28. The maximum absolute atomic E-state index is 15.0. The highest BCUT2D eigenvalue weighted by molar-refractivity contribution is 6.41. The third-order valence-electron chi connectivity index (χ3n) is 11.7. The Bertz CT molecular complexity index is 2830. The number of hydrogen-bond acceptors (Lipinski definition) is 6. The van der Waals surface area contributed by atoms with Crippen LogP contribution in [0, 0.1) is 0 Å². The molecule has 8 rings (SSSR count). The van der Waals surface area contributed by atoms with E-state index < -0.39 is 7.32 Å². The Hall–Kier alpha value is -6.35. The largest absolute Gasteiger partial charge is 0.864 e. The lowest BCUT2D eigenvalue weighted by atomic mass is 9.78. The smallest absolute Gasteiger partial charge is 0.507 e. The predicted molar refractivity (Wildman–Crippen MR) is 252 cm³/mol. The summed E-state index contributed by atoms with van der Waals surface area (Å²) in [6, 6.07) is 31.3. The van der Waals surface area contributed by atoms with Crippen molar-refractivity contribution in [2.75, 3.05) is 0 Å². The standard InChI is InChI=1S/C53H57BN2O6/c1-50(2,3)36-25-30(26-37(48(36)58)51(4,5)6)44-32-19-13-15-21-34(32)46(55-44)40(57)29-43(62-54-60-41-23-17-18-24-42(41)61-54)47-35-22-16-14-20-33(35)45(56-47)31-27-38(52(7,8)9)49(59)39(28-31)53(10,11)12/h13-29,55-56,58-59H,1-12H3/b43-29-. The Morgan fingerprint density at radius 1 is 0.532 bits per heavy atom. The van der Waals surface area contributed by atoms with Crippen molar-refractivity contribution in [1.82, 2.24) is 9.97 Å². The van der Waals surface area contributed by atoms with E-state index >= 15 is 0 Å². The first-order valence-corrected chi connectivity index (χ1v) is 21.3. The minimum absolute atomic E-state index is 0.219. The molecule has 62 heavy (non-hydrogen) atoms. The summed E-state index contributed by atoms with van der Waals surface area (Å²) in [4.78, 5) is 22.2. The second-order valence-corrected chi connectivity index (χ2v) is 20.6. The van der Waals surface area contributed by atoms with Crippen LogP contribution in [0.5, 0.6) is 23.0 Å². The lowest BCUT2D eigenvalue weighted by molar-refractivity contribution is 0.104. The third-order valence-corrected chi connectivity index (χ3v) is 11.7. The molecule has 0 saturated carbocycles. The van der Waals surface area contributed by atoms with Gasteiger partial charge in [-0.15, -0.1) is 0 Å². The number of rotatable bonds is 7. The van der Waals surface area contributed by atoms with Gasteiger partial charge < -0.3 is 34.1 Å². The fourth-order valence-electron chi connectivity index (χ4n) is 8.43. The molecule has 0 aliphatic carbocycles. The van der Waals surface area contributed by atoms with Crippen molar-refractivity contribution in [3.63, 3.8) is 0 Å². The van der Waals surface area contributed by atoms with E-state index in [1.165, 1.54) is 6.08 Å². The first kappa shape index (κ1) is 42.3. The van der Waals surface area contributed by atoms with Crippen molar-refractivity contribution in [2.45, 2.75) is 105 Å². The van der Waals surface area contributed by atoms with E-state index in [0.717, 1.165) is 66.3 Å². The number of aromatic nitrogens is 2. The SMILES string of the molecule is CC(C)(C)c1cc(-c2[nH]c(C(=O)/C=C(\OB3Oc4ccccc4O3)c3[nH]c(-c4cc(C(C)(C)C)c(O)c(C(C)(C)C)c4)c4ccccc34)c3ccccc23)cc(C(C)(C)C)c1O. The molecule has 318 valence electrons. The number of para-hydroxylation sites is 2. The molecule has 8 nitrogen and oxygen atoms in total. The van der Waals surface area contributed by atoms with Crippen LogP contribution in [0.2, 0.25) is 0 Å². The highest BCUT2D eigenvalue weighted by atomic mass is 16.8. The number of ketones is 1. The summed E-state index contributed by atoms with van der Waals surface area (Å²) in [6.45, 7) is 25.1. The number of carbonyl (C=O) groups excluding carboxylic acids is 1. The number of phenolic OH excluding ortho intramolecular Hbond substituents is 2. The van der Waals surface area contributed by atoms with Crippen LogP contribution < -0.4 is 9.31 Å². The Kier molecular flexibility index (Phi) is 10.2. The Morgan fingerprint density at radius 2 is 0.871 bits per heavy atom. The van der Waals surface area contributed by atoms with E-state index in [0.29, 0.717) is 34.4 Å². The molecule has 0 atom stereocenters. The quantitative estimate of drug-likeness (QED) is 0.0550. The van der Waals surface area contributed by atoms with Crippen molar-refractivity contribution in [1.29, 1.82) is 0 Å². The molecule has 5 aromatic carbocycles. The summed E-state index contributed by atoms with van der Waals surface area (Å²) >= 11 is 0. The maximum Gasteiger partial charge on any atom is 0.864 e. The molecule has 9 heteroatoms. The summed E-state index contributed by atoms with van der Waals surface area (Å²) in [5.41, 5.74) is 6.23. The predicted octanol–water partition coefficient (Wildman–Crippen LogP) is 13.3. The molecule has 4 N–H and O–H groups in total. The highest BCUT2D eigenvalue weighted by Crippen LogP contribution is 2.46. The summed E-state index contributed by atoms with van der Waals surface area (Å²) < 4.78 is 18.9. The lowest BCUT2D eigenvalue weighted by Gasteiger charge is -2.28. The van der Waals surface area contributed by atoms with Crippen LogP contribution in [0.25, 0.3) is 49.8 Å². The molecule has 2 aromatic heterocycles. The number of aromatic amines is 2. The van der Waals surface area contributed by atoms with Crippen LogP contribution in [0.1, 0.15) is 122 Å². The van der Waals surface area contributed by atoms with Crippen molar-refractivity contribution in [3.05, 3.63) is 137 Å². The Balaban J connectivity index is 1.32. The van der Waals surface area contributed by atoms with Gasteiger partial charge in [-0.1, -0.05) is 144 Å². The highest BCUT2D eigenvalue weighted by Gasteiger charge is 2.39. The molecule has 0 bridgehead atoms. The van der Waals surface area contributed by atoms with Gasteiger partial charge in [-0.05, 0) is 69.2 Å². The van der Waals surface area contributed by atoms with Gasteiger partial charge in [-0.2, -0.15) is 0 Å². The molecular formula is C53H57BN2O6. The summed E-state index contributed by atoms with van der Waals surface area (Å²) in [6.07, 6.45) is 1.50. The molecule has 7 aromatic rings. The minimum atomic E-state index is -1.18. The number of allylic oxidation sites excluding steroid dienone is 1. The zero-order valence-electron chi connectivity index (χ0n) is 37.9. The van der Waals surface area contributed by atoms with Gasteiger partial charge in [-0.25, -0.2) is 0 Å². The van der Waals surface area contributed by atoms with E-state index in [-0.39, 0.29) is 33.2 Å². The van der Waals surface area contributed by atoms with Gasteiger partial charge in [0, 0.05) is 49.9 Å². The maximum atomic E-state index is 15.0. The van der Waals surface area contributed by atoms with Crippen molar-refractivity contribution < 1.29 is 29.0 Å². The zero-order chi connectivity index (χ0) is 44.7. The summed E-state index contributed by atoms with van der Waals surface area (Å²) in [7, 11) is -1.18. The number of benzene rings is 5. The van der Waals surface area contributed by atoms with Gasteiger partial charge in [-0.3, -0.25) is 4.79 Å². The molecule has 3 heterocycles. The summed E-state index contributed by atoms with van der Waals surface area (Å²) in [5, 5.41) is 26.5. The van der Waals surface area contributed by atoms with Crippen molar-refractivity contribution >= 4 is 40.4 Å². The second kappa shape index (κ2) is 14.9. The average molecular weight is 829 g/mol. The number of aromatic hydroxyl groups is 2. The molecule has 1 aliphatic heterocycles. The molecule has 0 radical (unpaired) electrons. The van der Waals surface area contributed by atoms with Crippen molar-refractivity contribution in [2.24, 2.45) is 0 Å². The average Bonchev–Trinajstić information content (AvgIpc) is 3.90. The van der Waals surface area contributed by atoms with Crippen molar-refractivity contribution in [3.8, 4) is 45.5 Å². The number of H-pyrrole nitrogens is 2. The van der Waals surface area contributed by atoms with Gasteiger partial charge in [0.15, 0.2) is 0 Å². The van der Waals surface area contributed by atoms with Gasteiger partial charge in [0.25, 0.3) is 0 Å². The molecule has 0 unspecified atom stereocenters. The molecule has 0 fully saturated rings. The minimum Gasteiger partial charge on any atom is -0.507 e.